The number of carbonyl (C=O) groups excluding carboxylic acids is 1. The molecule has 1 amide bonds. The molecular formula is C22H24BrN5O2. The van der Waals surface area contributed by atoms with Gasteiger partial charge in [-0.25, -0.2) is 0 Å². The molecule has 0 saturated carbocycles. The molecule has 8 heteroatoms. The molecule has 1 N–H and O–H groups in total. The van der Waals surface area contributed by atoms with Crippen molar-refractivity contribution in [2.75, 3.05) is 0 Å². The molecule has 0 atom stereocenters. The Balaban J connectivity index is 1.51. The molecule has 0 bridgehead atoms. The zero-order chi connectivity index (χ0) is 21.5. The summed E-state index contributed by atoms with van der Waals surface area (Å²) < 4.78 is 10.6. The van der Waals surface area contributed by atoms with E-state index >= 15 is 0 Å². The average molecular weight is 470 g/mol. The average Bonchev–Trinajstić information content (AvgIpc) is 3.43. The number of aryl methyl sites for hydroxylation is 1. The molecule has 156 valence electrons. The Morgan fingerprint density at radius 2 is 2.07 bits per heavy atom. The van der Waals surface area contributed by atoms with E-state index in [0.717, 1.165) is 27.6 Å². The number of amides is 1. The lowest BCUT2D eigenvalue weighted by molar-refractivity contribution is 0.0946. The number of halogens is 1. The van der Waals surface area contributed by atoms with Gasteiger partial charge in [-0.15, -0.1) is 0 Å². The van der Waals surface area contributed by atoms with E-state index in [1.165, 1.54) is 0 Å². The number of benzene rings is 1. The molecule has 0 saturated heterocycles. The van der Waals surface area contributed by atoms with Crippen molar-refractivity contribution in [3.63, 3.8) is 0 Å². The van der Waals surface area contributed by atoms with Gasteiger partial charge in [0.1, 0.15) is 0 Å². The van der Waals surface area contributed by atoms with Crippen molar-refractivity contribution in [1.82, 2.24) is 24.6 Å². The van der Waals surface area contributed by atoms with Crippen molar-refractivity contribution < 1.29 is 9.32 Å². The molecule has 3 heterocycles. The predicted octanol–water partition coefficient (Wildman–Crippen LogP) is 4.96. The molecule has 30 heavy (non-hydrogen) atoms. The van der Waals surface area contributed by atoms with E-state index in [-0.39, 0.29) is 18.0 Å². The van der Waals surface area contributed by atoms with Crippen molar-refractivity contribution in [2.45, 2.75) is 46.3 Å². The normalized spacial score (nSPS) is 11.9. The lowest BCUT2D eigenvalue weighted by atomic mass is 10.1. The van der Waals surface area contributed by atoms with Gasteiger partial charge in [-0.1, -0.05) is 27.2 Å². The summed E-state index contributed by atoms with van der Waals surface area (Å²) in [5.41, 5.74) is 2.50. The minimum Gasteiger partial charge on any atom is -0.348 e. The fourth-order valence-corrected chi connectivity index (χ4v) is 3.88. The van der Waals surface area contributed by atoms with Gasteiger partial charge < -0.3 is 19.0 Å². The van der Waals surface area contributed by atoms with E-state index in [1.54, 1.807) is 6.07 Å². The van der Waals surface area contributed by atoms with Gasteiger partial charge in [0.05, 0.1) is 17.8 Å². The van der Waals surface area contributed by atoms with Gasteiger partial charge in [0.15, 0.2) is 0 Å². The first kappa shape index (κ1) is 20.4. The van der Waals surface area contributed by atoms with E-state index in [4.69, 9.17) is 4.52 Å². The highest BCUT2D eigenvalue weighted by molar-refractivity contribution is 9.10. The number of carbonyl (C=O) groups is 1. The van der Waals surface area contributed by atoms with Crippen molar-refractivity contribution >= 4 is 32.7 Å². The van der Waals surface area contributed by atoms with Gasteiger partial charge in [0.25, 0.3) is 5.91 Å². The molecule has 0 aliphatic carbocycles. The van der Waals surface area contributed by atoms with E-state index < -0.39 is 0 Å². The molecular weight excluding hydrogens is 446 g/mol. The van der Waals surface area contributed by atoms with Crippen molar-refractivity contribution in [3.05, 3.63) is 58.7 Å². The molecule has 0 fully saturated rings. The Hall–Kier alpha value is -2.87. The van der Waals surface area contributed by atoms with Crippen LogP contribution in [0.3, 0.4) is 0 Å². The Bertz CT molecular complexity index is 1210. The summed E-state index contributed by atoms with van der Waals surface area (Å²) in [6, 6.07) is 9.93. The first-order chi connectivity index (χ1) is 14.3. The van der Waals surface area contributed by atoms with Crippen LogP contribution in [0.15, 0.2) is 51.7 Å². The van der Waals surface area contributed by atoms with E-state index in [2.05, 4.69) is 69.7 Å². The molecule has 0 spiro atoms. The van der Waals surface area contributed by atoms with Crippen LogP contribution >= 0.6 is 15.9 Å². The van der Waals surface area contributed by atoms with Gasteiger partial charge in [0.2, 0.25) is 11.7 Å². The third-order valence-electron chi connectivity index (χ3n) is 5.04. The van der Waals surface area contributed by atoms with Crippen LogP contribution in [-0.4, -0.2) is 25.2 Å². The second kappa shape index (κ2) is 7.75. The highest BCUT2D eigenvalue weighted by Gasteiger charge is 2.18. The molecule has 4 aromatic rings. The zero-order valence-corrected chi connectivity index (χ0v) is 19.0. The zero-order valence-electron chi connectivity index (χ0n) is 17.4. The number of aromatic nitrogens is 4. The van der Waals surface area contributed by atoms with Gasteiger partial charge in [-0.05, 0) is 52.0 Å². The first-order valence-electron chi connectivity index (χ1n) is 9.85. The smallest absolute Gasteiger partial charge is 0.253 e. The van der Waals surface area contributed by atoms with Crippen molar-refractivity contribution in [2.24, 2.45) is 0 Å². The Morgan fingerprint density at radius 3 is 2.77 bits per heavy atom. The third kappa shape index (κ3) is 3.79. The summed E-state index contributed by atoms with van der Waals surface area (Å²) in [5.74, 6) is 0.688. The summed E-state index contributed by atoms with van der Waals surface area (Å²) in [5, 5.41) is 8.07. The SMILES string of the molecule is CCn1c(-c2noc(CNC(=O)c3ccn(C(C)(C)C)c3)n2)cc2c(Br)cccc21. The van der Waals surface area contributed by atoms with Gasteiger partial charge in [-0.3, -0.25) is 4.79 Å². The van der Waals surface area contributed by atoms with Crippen LogP contribution in [0.2, 0.25) is 0 Å². The third-order valence-corrected chi connectivity index (χ3v) is 5.73. The van der Waals surface area contributed by atoms with Crippen LogP contribution in [0.5, 0.6) is 0 Å². The Labute approximate surface area is 183 Å². The fourth-order valence-electron chi connectivity index (χ4n) is 3.41. The maximum Gasteiger partial charge on any atom is 0.253 e. The lowest BCUT2D eigenvalue weighted by Crippen LogP contribution is -2.23. The van der Waals surface area contributed by atoms with Gasteiger partial charge in [0, 0.05) is 39.9 Å². The number of hydrogen-bond acceptors (Lipinski definition) is 4. The number of nitrogens with one attached hydrogen (secondary N) is 1. The minimum atomic E-state index is -0.177. The number of nitrogens with zero attached hydrogens (tertiary/aromatic N) is 4. The molecule has 0 radical (unpaired) electrons. The molecule has 3 aromatic heterocycles. The van der Waals surface area contributed by atoms with E-state index in [0.29, 0.717) is 17.3 Å². The predicted molar refractivity (Wildman–Crippen MR) is 119 cm³/mol. The highest BCUT2D eigenvalue weighted by atomic mass is 79.9. The van der Waals surface area contributed by atoms with E-state index in [1.807, 2.05) is 35.2 Å². The second-order valence-electron chi connectivity index (χ2n) is 8.12. The van der Waals surface area contributed by atoms with Crippen molar-refractivity contribution in [1.29, 1.82) is 0 Å². The summed E-state index contributed by atoms with van der Waals surface area (Å²) in [7, 11) is 0. The lowest BCUT2D eigenvalue weighted by Gasteiger charge is -2.20. The molecule has 0 unspecified atom stereocenters. The maximum atomic E-state index is 12.5. The largest absolute Gasteiger partial charge is 0.348 e. The minimum absolute atomic E-state index is 0.0767. The summed E-state index contributed by atoms with van der Waals surface area (Å²) in [6.07, 6.45) is 3.74. The standard InChI is InChI=1S/C22H24BrN5O2/c1-5-28-17-8-6-7-16(23)15(17)11-18(28)20-25-19(30-26-20)12-24-21(29)14-9-10-27(13-14)22(2,3)4/h6-11,13H,5,12H2,1-4H3,(H,24,29). The highest BCUT2D eigenvalue weighted by Crippen LogP contribution is 2.31. The monoisotopic (exact) mass is 469 g/mol. The van der Waals surface area contributed by atoms with Crippen molar-refractivity contribution in [3.8, 4) is 11.5 Å². The quantitative estimate of drug-likeness (QED) is 0.447. The maximum absolute atomic E-state index is 12.5. The van der Waals surface area contributed by atoms with Crippen LogP contribution in [0.25, 0.3) is 22.4 Å². The van der Waals surface area contributed by atoms with Gasteiger partial charge in [-0.2, -0.15) is 4.98 Å². The fraction of sp³-hybridized carbons (Fsp3) is 0.318. The first-order valence-corrected chi connectivity index (χ1v) is 10.6. The summed E-state index contributed by atoms with van der Waals surface area (Å²) in [4.78, 5) is 17.0. The molecule has 4 rings (SSSR count). The topological polar surface area (TPSA) is 77.9 Å². The van der Waals surface area contributed by atoms with Crippen LogP contribution in [0.1, 0.15) is 43.9 Å². The molecule has 7 nitrogen and oxygen atoms in total. The Morgan fingerprint density at radius 1 is 1.27 bits per heavy atom. The summed E-state index contributed by atoms with van der Waals surface area (Å²) >= 11 is 3.60. The van der Waals surface area contributed by atoms with E-state index in [9.17, 15) is 4.79 Å². The Kier molecular flexibility index (Phi) is 5.27. The van der Waals surface area contributed by atoms with Gasteiger partial charge >= 0.3 is 0 Å². The van der Waals surface area contributed by atoms with Crippen LogP contribution in [0.4, 0.5) is 0 Å². The summed E-state index contributed by atoms with van der Waals surface area (Å²) in [6.45, 7) is 9.28. The molecule has 1 aromatic carbocycles. The number of hydrogen-bond donors (Lipinski definition) is 1. The van der Waals surface area contributed by atoms with Crippen LogP contribution in [-0.2, 0) is 18.6 Å². The molecule has 0 aliphatic rings. The number of rotatable bonds is 5. The second-order valence-corrected chi connectivity index (χ2v) is 8.97. The van der Waals surface area contributed by atoms with Crippen LogP contribution in [0, 0.1) is 0 Å². The molecule has 0 aliphatic heterocycles. The van der Waals surface area contributed by atoms with Crippen LogP contribution < -0.4 is 5.32 Å². The number of fused-ring (bicyclic) bond motifs is 1.